The minimum Gasteiger partial charge on any atom is -0.492 e. The number of hydrogen-bond acceptors (Lipinski definition) is 3. The number of nitrogens with one attached hydrogen (secondary N) is 3. The monoisotopic (exact) mass is 311 g/mol. The highest BCUT2D eigenvalue weighted by Crippen LogP contribution is 2.27. The van der Waals surface area contributed by atoms with Gasteiger partial charge in [-0.2, -0.15) is 0 Å². The number of ether oxygens (including phenoxy) is 1. The summed E-state index contributed by atoms with van der Waals surface area (Å²) < 4.78 is 5.32. The lowest BCUT2D eigenvalue weighted by atomic mass is 10.1. The van der Waals surface area contributed by atoms with Crippen molar-refractivity contribution in [1.82, 2.24) is 10.6 Å². The van der Waals surface area contributed by atoms with Crippen LogP contribution in [0.1, 0.15) is 19.8 Å². The van der Waals surface area contributed by atoms with Crippen LogP contribution in [0.25, 0.3) is 0 Å². The number of amides is 3. The Kier molecular flexibility index (Phi) is 5.27. The van der Waals surface area contributed by atoms with E-state index in [9.17, 15) is 9.59 Å². The van der Waals surface area contributed by atoms with E-state index >= 15 is 0 Å². The summed E-state index contributed by atoms with van der Waals surface area (Å²) in [5, 5.41) is 8.42. The van der Waals surface area contributed by atoms with Crippen LogP contribution in [0.3, 0.4) is 0 Å². The van der Waals surface area contributed by atoms with Crippen LogP contribution in [-0.2, 0) is 4.79 Å². The van der Waals surface area contributed by atoms with E-state index in [2.05, 4.69) is 16.0 Å². The van der Waals surface area contributed by atoms with Crippen molar-refractivity contribution in [1.29, 1.82) is 0 Å². The third-order valence-corrected chi connectivity index (χ3v) is 3.38. The maximum Gasteiger partial charge on any atom is 0.319 e. The maximum absolute atomic E-state index is 11.9. The molecule has 0 aliphatic carbocycles. The van der Waals surface area contributed by atoms with Gasteiger partial charge in [0.1, 0.15) is 11.8 Å². The van der Waals surface area contributed by atoms with Gasteiger partial charge in [-0.15, -0.1) is 0 Å². The van der Waals surface area contributed by atoms with Gasteiger partial charge in [0.2, 0.25) is 5.91 Å². The van der Waals surface area contributed by atoms with Gasteiger partial charge in [-0.1, -0.05) is 11.6 Å². The second-order valence-corrected chi connectivity index (χ2v) is 5.07. The van der Waals surface area contributed by atoms with Crippen LogP contribution >= 0.6 is 11.6 Å². The number of piperidine rings is 1. The summed E-state index contributed by atoms with van der Waals surface area (Å²) in [5.74, 6) is 0.415. The number of benzene rings is 1. The first kappa shape index (κ1) is 15.4. The second kappa shape index (κ2) is 7.17. The second-order valence-electron chi connectivity index (χ2n) is 4.66. The van der Waals surface area contributed by atoms with Gasteiger partial charge >= 0.3 is 6.03 Å². The fourth-order valence-electron chi connectivity index (χ4n) is 2.09. The molecule has 1 aliphatic heterocycles. The third kappa shape index (κ3) is 4.26. The van der Waals surface area contributed by atoms with Gasteiger partial charge in [0.25, 0.3) is 0 Å². The molecule has 1 aliphatic rings. The van der Waals surface area contributed by atoms with Gasteiger partial charge in [0.05, 0.1) is 11.6 Å². The molecule has 7 heteroatoms. The van der Waals surface area contributed by atoms with Crippen molar-refractivity contribution in [3.63, 3.8) is 0 Å². The number of rotatable bonds is 4. The molecule has 21 heavy (non-hydrogen) atoms. The van der Waals surface area contributed by atoms with Gasteiger partial charge in [0.15, 0.2) is 0 Å². The Labute approximate surface area is 128 Å². The Bertz CT molecular complexity index is 536. The van der Waals surface area contributed by atoms with Crippen molar-refractivity contribution < 1.29 is 14.3 Å². The first-order chi connectivity index (χ1) is 10.1. The fraction of sp³-hybridized carbons (Fsp3) is 0.429. The Morgan fingerprint density at radius 3 is 3.00 bits per heavy atom. The molecule has 6 nitrogen and oxygen atoms in total. The van der Waals surface area contributed by atoms with Crippen LogP contribution < -0.4 is 20.7 Å². The largest absolute Gasteiger partial charge is 0.492 e. The van der Waals surface area contributed by atoms with Crippen molar-refractivity contribution >= 4 is 29.2 Å². The minimum absolute atomic E-state index is 0.152. The van der Waals surface area contributed by atoms with Crippen molar-refractivity contribution in [3.05, 3.63) is 23.2 Å². The van der Waals surface area contributed by atoms with E-state index in [1.54, 1.807) is 18.2 Å². The van der Waals surface area contributed by atoms with Gasteiger partial charge in [-0.3, -0.25) is 4.79 Å². The highest BCUT2D eigenvalue weighted by molar-refractivity contribution is 6.32. The smallest absolute Gasteiger partial charge is 0.319 e. The molecule has 0 aromatic heterocycles. The molecule has 0 saturated carbocycles. The first-order valence-electron chi connectivity index (χ1n) is 6.87. The SMILES string of the molecule is CCOc1ccc(NC(=O)NC2CCCNC2=O)cc1Cl. The Morgan fingerprint density at radius 2 is 2.33 bits per heavy atom. The van der Waals surface area contributed by atoms with E-state index in [0.29, 0.717) is 36.0 Å². The van der Waals surface area contributed by atoms with E-state index in [-0.39, 0.29) is 5.91 Å². The lowest BCUT2D eigenvalue weighted by Crippen LogP contribution is -2.51. The van der Waals surface area contributed by atoms with Crippen LogP contribution in [0, 0.1) is 0 Å². The van der Waals surface area contributed by atoms with E-state index < -0.39 is 12.1 Å². The number of carbonyl (C=O) groups excluding carboxylic acids is 2. The summed E-state index contributed by atoms with van der Waals surface area (Å²) in [7, 11) is 0. The molecule has 1 aromatic rings. The third-order valence-electron chi connectivity index (χ3n) is 3.08. The number of anilines is 1. The summed E-state index contributed by atoms with van der Waals surface area (Å²) in [5.41, 5.74) is 0.539. The zero-order valence-corrected chi connectivity index (χ0v) is 12.5. The first-order valence-corrected chi connectivity index (χ1v) is 7.25. The van der Waals surface area contributed by atoms with Crippen LogP contribution in [0.4, 0.5) is 10.5 Å². The number of halogens is 1. The molecular formula is C14H18ClN3O3. The zero-order valence-electron chi connectivity index (χ0n) is 11.7. The predicted molar refractivity (Wildman–Crippen MR) is 80.8 cm³/mol. The summed E-state index contributed by atoms with van der Waals surface area (Å²) in [6.45, 7) is 3.04. The Hall–Kier alpha value is -1.95. The molecule has 1 saturated heterocycles. The topological polar surface area (TPSA) is 79.5 Å². The molecule has 1 atom stereocenters. The van der Waals surface area contributed by atoms with Gasteiger partial charge < -0.3 is 20.7 Å². The summed E-state index contributed by atoms with van der Waals surface area (Å²) in [6, 6.07) is 4.06. The standard InChI is InChI=1S/C14H18ClN3O3/c1-2-21-12-6-5-9(8-10(12)15)17-14(20)18-11-4-3-7-16-13(11)19/h5-6,8,11H,2-4,7H2,1H3,(H,16,19)(H2,17,18,20). The Morgan fingerprint density at radius 1 is 1.52 bits per heavy atom. The van der Waals surface area contributed by atoms with Gasteiger partial charge in [-0.25, -0.2) is 4.79 Å². The average molecular weight is 312 g/mol. The highest BCUT2D eigenvalue weighted by Gasteiger charge is 2.23. The number of urea groups is 1. The molecule has 0 bridgehead atoms. The molecule has 1 heterocycles. The van der Waals surface area contributed by atoms with Crippen molar-refractivity contribution in [2.24, 2.45) is 0 Å². The molecular weight excluding hydrogens is 294 g/mol. The van der Waals surface area contributed by atoms with E-state index in [1.165, 1.54) is 0 Å². The molecule has 114 valence electrons. The predicted octanol–water partition coefficient (Wildman–Crippen LogP) is 2.14. The van der Waals surface area contributed by atoms with Crippen LogP contribution in [0.15, 0.2) is 18.2 Å². The molecule has 0 radical (unpaired) electrons. The van der Waals surface area contributed by atoms with E-state index in [1.807, 2.05) is 6.92 Å². The fourth-order valence-corrected chi connectivity index (χ4v) is 2.32. The molecule has 2 rings (SSSR count). The van der Waals surface area contributed by atoms with Crippen molar-refractivity contribution in [2.45, 2.75) is 25.8 Å². The molecule has 3 N–H and O–H groups in total. The quantitative estimate of drug-likeness (QED) is 0.797. The molecule has 1 aromatic carbocycles. The molecule has 0 spiro atoms. The Balaban J connectivity index is 1.93. The summed E-state index contributed by atoms with van der Waals surface area (Å²) >= 11 is 6.05. The van der Waals surface area contributed by atoms with Crippen LogP contribution in [-0.4, -0.2) is 31.1 Å². The minimum atomic E-state index is -0.489. The van der Waals surface area contributed by atoms with Crippen molar-refractivity contribution in [2.75, 3.05) is 18.5 Å². The maximum atomic E-state index is 11.9. The van der Waals surface area contributed by atoms with Crippen molar-refractivity contribution in [3.8, 4) is 5.75 Å². The average Bonchev–Trinajstić information content (AvgIpc) is 2.44. The number of hydrogen-bond donors (Lipinski definition) is 3. The molecule has 1 unspecified atom stereocenters. The van der Waals surface area contributed by atoms with Crippen LogP contribution in [0.2, 0.25) is 5.02 Å². The normalized spacial score (nSPS) is 17.8. The van der Waals surface area contributed by atoms with Gasteiger partial charge in [-0.05, 0) is 38.0 Å². The molecule has 3 amide bonds. The lowest BCUT2D eigenvalue weighted by Gasteiger charge is -2.22. The van der Waals surface area contributed by atoms with E-state index in [0.717, 1.165) is 6.42 Å². The van der Waals surface area contributed by atoms with Gasteiger partial charge in [0, 0.05) is 12.2 Å². The number of carbonyl (C=O) groups is 2. The molecule has 1 fully saturated rings. The summed E-state index contributed by atoms with van der Waals surface area (Å²) in [4.78, 5) is 23.4. The zero-order chi connectivity index (χ0) is 15.2. The van der Waals surface area contributed by atoms with Crippen LogP contribution in [0.5, 0.6) is 5.75 Å². The highest BCUT2D eigenvalue weighted by atomic mass is 35.5. The van der Waals surface area contributed by atoms with E-state index in [4.69, 9.17) is 16.3 Å². The summed E-state index contributed by atoms with van der Waals surface area (Å²) in [6.07, 6.45) is 1.49. The lowest BCUT2D eigenvalue weighted by molar-refractivity contribution is -0.124.